The Labute approximate surface area is 110 Å². The molecule has 0 atom stereocenters. The Morgan fingerprint density at radius 1 is 1.00 bits per heavy atom. The van der Waals surface area contributed by atoms with Gasteiger partial charge in [0.15, 0.2) is 0 Å². The minimum Gasteiger partial charge on any atom is -0.254 e. The van der Waals surface area contributed by atoms with E-state index in [1.807, 2.05) is 42.5 Å². The van der Waals surface area contributed by atoms with Gasteiger partial charge in [-0.2, -0.15) is 0 Å². The summed E-state index contributed by atoms with van der Waals surface area (Å²) in [7, 11) is 0. The van der Waals surface area contributed by atoms with Crippen LogP contribution in [-0.2, 0) is 0 Å². The molecule has 0 unspecified atom stereocenters. The predicted molar refractivity (Wildman–Crippen MR) is 77.6 cm³/mol. The van der Waals surface area contributed by atoms with Gasteiger partial charge >= 0.3 is 0 Å². The molecule has 0 saturated heterocycles. The lowest BCUT2D eigenvalue weighted by Crippen LogP contribution is -1.92. The van der Waals surface area contributed by atoms with Gasteiger partial charge in [-0.15, -0.1) is 0 Å². The Hall–Kier alpha value is -1.67. The lowest BCUT2D eigenvalue weighted by Gasteiger charge is -2.10. The van der Waals surface area contributed by atoms with Crippen molar-refractivity contribution in [2.45, 2.75) is 0 Å². The highest BCUT2D eigenvalue weighted by molar-refractivity contribution is 9.10. The van der Waals surface area contributed by atoms with Crippen molar-refractivity contribution in [3.8, 4) is 11.3 Å². The Bertz CT molecular complexity index is 559. The minimum absolute atomic E-state index is 0.929. The lowest BCUT2D eigenvalue weighted by atomic mass is 10.0. The highest BCUT2D eigenvalue weighted by atomic mass is 79.9. The van der Waals surface area contributed by atoms with Gasteiger partial charge in [-0.1, -0.05) is 55.6 Å². The Kier molecular flexibility index (Phi) is 3.55. The van der Waals surface area contributed by atoms with Gasteiger partial charge in [0.2, 0.25) is 0 Å². The van der Waals surface area contributed by atoms with E-state index < -0.39 is 0 Å². The normalized spacial score (nSPS) is 9.94. The van der Waals surface area contributed by atoms with Crippen molar-refractivity contribution in [1.29, 1.82) is 0 Å². The molecule has 0 N–H and O–H groups in total. The number of aromatic nitrogens is 1. The third-order valence-corrected chi connectivity index (χ3v) is 3.20. The quantitative estimate of drug-likeness (QED) is 0.790. The van der Waals surface area contributed by atoms with Gasteiger partial charge < -0.3 is 0 Å². The topological polar surface area (TPSA) is 12.9 Å². The third kappa shape index (κ3) is 2.22. The zero-order valence-corrected chi connectivity index (χ0v) is 10.9. The van der Waals surface area contributed by atoms with E-state index in [9.17, 15) is 0 Å². The summed E-state index contributed by atoms with van der Waals surface area (Å²) in [4.78, 5) is 4.46. The molecule has 0 radical (unpaired) electrons. The monoisotopic (exact) mass is 285 g/mol. The van der Waals surface area contributed by atoms with Crippen LogP contribution >= 0.6 is 15.9 Å². The van der Waals surface area contributed by atoms with E-state index in [0.717, 1.165) is 26.9 Å². The zero-order chi connectivity index (χ0) is 12.3. The second-order valence-corrected chi connectivity index (χ2v) is 4.41. The van der Waals surface area contributed by atoms with Crippen molar-refractivity contribution in [3.63, 3.8) is 0 Å². The van der Waals surface area contributed by atoms with E-state index in [4.69, 9.17) is 0 Å². The third-order valence-electron chi connectivity index (χ3n) is 2.57. The van der Waals surface area contributed by atoms with Crippen LogP contribution in [0.15, 0.2) is 54.2 Å². The van der Waals surface area contributed by atoms with Crippen LogP contribution in [0.2, 0.25) is 0 Å². The molecule has 0 amide bonds. The Morgan fingerprint density at radius 3 is 2.24 bits per heavy atom. The summed E-state index contributed by atoms with van der Waals surface area (Å²) in [5.41, 5.74) is 4.03. The highest BCUT2D eigenvalue weighted by Gasteiger charge is 2.10. The summed E-state index contributed by atoms with van der Waals surface area (Å²) < 4.78 is 0.932. The molecule has 2 rings (SSSR count). The second-order valence-electron chi connectivity index (χ2n) is 3.56. The van der Waals surface area contributed by atoms with Crippen LogP contribution in [0.3, 0.4) is 0 Å². The van der Waals surface area contributed by atoms with E-state index in [0.29, 0.717) is 0 Å². The van der Waals surface area contributed by atoms with E-state index >= 15 is 0 Å². The van der Waals surface area contributed by atoms with Crippen LogP contribution < -0.4 is 0 Å². The molecular weight excluding hydrogens is 274 g/mol. The molecule has 0 aliphatic rings. The molecule has 0 bridgehead atoms. The molecule has 1 nitrogen and oxygen atoms in total. The molecule has 0 fully saturated rings. The van der Waals surface area contributed by atoms with Crippen LogP contribution in [0.5, 0.6) is 0 Å². The fraction of sp³-hybridized carbons (Fsp3) is 0. The Balaban J connectivity index is 2.71. The number of pyridine rings is 1. The maximum atomic E-state index is 4.46. The van der Waals surface area contributed by atoms with E-state index in [-0.39, 0.29) is 0 Å². The van der Waals surface area contributed by atoms with Crippen LogP contribution in [0.4, 0.5) is 0 Å². The van der Waals surface area contributed by atoms with Gasteiger partial charge in [-0.3, -0.25) is 4.98 Å². The molecule has 2 heteroatoms. The Morgan fingerprint density at radius 2 is 1.65 bits per heavy atom. The predicted octanol–water partition coefficient (Wildman–Crippen LogP) is 4.80. The van der Waals surface area contributed by atoms with Crippen LogP contribution in [0, 0.1) is 0 Å². The van der Waals surface area contributed by atoms with E-state index in [1.54, 1.807) is 6.20 Å². The summed E-state index contributed by atoms with van der Waals surface area (Å²) in [6, 6.07) is 10.1. The van der Waals surface area contributed by atoms with Crippen molar-refractivity contribution < 1.29 is 0 Å². The van der Waals surface area contributed by atoms with Gasteiger partial charge in [-0.25, -0.2) is 0 Å². The van der Waals surface area contributed by atoms with Crippen LogP contribution in [0.25, 0.3) is 23.4 Å². The molecule has 84 valence electrons. The van der Waals surface area contributed by atoms with Crippen molar-refractivity contribution in [1.82, 2.24) is 4.98 Å². The first kappa shape index (κ1) is 11.8. The first-order chi connectivity index (χ1) is 8.27. The maximum absolute atomic E-state index is 4.46. The molecule has 1 aromatic heterocycles. The SMILES string of the molecule is C=Cc1c(Br)cnc(-c2ccccc2)c1C=C. The van der Waals surface area contributed by atoms with Crippen LogP contribution in [0.1, 0.15) is 11.1 Å². The molecular formula is C15H12BrN. The van der Waals surface area contributed by atoms with Crippen molar-refractivity contribution in [2.24, 2.45) is 0 Å². The number of nitrogens with zero attached hydrogens (tertiary/aromatic N) is 1. The first-order valence-corrected chi connectivity index (χ1v) is 6.06. The zero-order valence-electron chi connectivity index (χ0n) is 9.36. The summed E-state index contributed by atoms with van der Waals surface area (Å²) >= 11 is 3.47. The number of benzene rings is 1. The maximum Gasteiger partial charge on any atom is 0.0780 e. The minimum atomic E-state index is 0.929. The molecule has 0 spiro atoms. The van der Waals surface area contributed by atoms with E-state index in [1.165, 1.54) is 0 Å². The summed E-state index contributed by atoms with van der Waals surface area (Å²) in [5.74, 6) is 0. The molecule has 0 aliphatic heterocycles. The van der Waals surface area contributed by atoms with Crippen molar-refractivity contribution >= 4 is 28.1 Å². The molecule has 2 aromatic rings. The number of rotatable bonds is 3. The summed E-state index contributed by atoms with van der Waals surface area (Å²) in [6.45, 7) is 7.69. The number of hydrogen-bond donors (Lipinski definition) is 0. The van der Waals surface area contributed by atoms with Gasteiger partial charge in [-0.05, 0) is 21.5 Å². The van der Waals surface area contributed by atoms with Gasteiger partial charge in [0.05, 0.1) is 5.69 Å². The smallest absolute Gasteiger partial charge is 0.0780 e. The fourth-order valence-corrected chi connectivity index (χ4v) is 2.23. The lowest BCUT2D eigenvalue weighted by molar-refractivity contribution is 1.29. The van der Waals surface area contributed by atoms with Crippen molar-refractivity contribution in [3.05, 3.63) is 65.3 Å². The summed E-state index contributed by atoms with van der Waals surface area (Å²) in [6.07, 6.45) is 5.43. The van der Waals surface area contributed by atoms with E-state index in [2.05, 4.69) is 34.1 Å². The molecule has 1 heterocycles. The molecule has 1 aromatic carbocycles. The largest absolute Gasteiger partial charge is 0.254 e. The van der Waals surface area contributed by atoms with Gasteiger partial charge in [0.1, 0.15) is 0 Å². The standard InChI is InChI=1S/C15H12BrN/c1-3-12-13(4-2)15(17-10-14(12)16)11-8-6-5-7-9-11/h3-10H,1-2H2. The van der Waals surface area contributed by atoms with Crippen molar-refractivity contribution in [2.75, 3.05) is 0 Å². The fourth-order valence-electron chi connectivity index (χ4n) is 1.76. The second kappa shape index (κ2) is 5.11. The highest BCUT2D eigenvalue weighted by Crippen LogP contribution is 2.30. The number of halogens is 1. The first-order valence-electron chi connectivity index (χ1n) is 5.26. The average molecular weight is 286 g/mol. The van der Waals surface area contributed by atoms with Crippen LogP contribution in [-0.4, -0.2) is 4.98 Å². The van der Waals surface area contributed by atoms with Gasteiger partial charge in [0.25, 0.3) is 0 Å². The molecule has 0 saturated carbocycles. The molecule has 17 heavy (non-hydrogen) atoms. The molecule has 0 aliphatic carbocycles. The summed E-state index contributed by atoms with van der Waals surface area (Å²) in [5, 5.41) is 0. The average Bonchev–Trinajstić information content (AvgIpc) is 2.39. The number of hydrogen-bond acceptors (Lipinski definition) is 1. The van der Waals surface area contributed by atoms with Gasteiger partial charge in [0, 0.05) is 21.8 Å².